The van der Waals surface area contributed by atoms with Crippen LogP contribution in [0.1, 0.15) is 176 Å². The zero-order valence-corrected chi connectivity index (χ0v) is 32.4. The summed E-state index contributed by atoms with van der Waals surface area (Å²) in [6.07, 6.45) is 32.3. The van der Waals surface area contributed by atoms with E-state index in [1.165, 1.54) is 57.8 Å². The Morgan fingerprint density at radius 2 is 0.868 bits per heavy atom. The predicted molar refractivity (Wildman–Crippen MR) is 210 cm³/mol. The average molecular weight is 729 g/mol. The maximum atomic E-state index is 14.6. The van der Waals surface area contributed by atoms with Crippen LogP contribution >= 0.6 is 0 Å². The first-order valence-corrected chi connectivity index (χ1v) is 21.6. The van der Waals surface area contributed by atoms with E-state index >= 15 is 0 Å². The molecule has 7 heteroatoms. The molecule has 0 radical (unpaired) electrons. The predicted octanol–water partition coefficient (Wildman–Crippen LogP) is 12.1. The molecule has 5 fully saturated rings. The van der Waals surface area contributed by atoms with Crippen LogP contribution in [-0.4, -0.2) is 43.4 Å². The van der Waals surface area contributed by atoms with Crippen LogP contribution in [0.25, 0.3) is 6.08 Å². The SMILES string of the molecule is COc1cc(OC2CCCCC2)cc(/C=C/C(=O)c2cc(OC3CCCCC3)cc(OC3CCCCC3)c2OC2CCCCC2)c1OC1CCCCC1. The molecule has 0 amide bonds. The molecule has 0 atom stereocenters. The Labute approximate surface area is 318 Å². The smallest absolute Gasteiger partial charge is 0.189 e. The highest BCUT2D eigenvalue weighted by molar-refractivity contribution is 6.09. The highest BCUT2D eigenvalue weighted by Crippen LogP contribution is 2.43. The molecular formula is C46H64O7. The lowest BCUT2D eigenvalue weighted by molar-refractivity contribution is 0.101. The minimum Gasteiger partial charge on any atom is -0.493 e. The van der Waals surface area contributed by atoms with Gasteiger partial charge in [-0.1, -0.05) is 32.1 Å². The lowest BCUT2D eigenvalue weighted by Crippen LogP contribution is -2.24. The average Bonchev–Trinajstić information content (AvgIpc) is 3.20. The third kappa shape index (κ3) is 10.7. The molecule has 5 saturated carbocycles. The van der Waals surface area contributed by atoms with Gasteiger partial charge in [-0.25, -0.2) is 0 Å². The van der Waals surface area contributed by atoms with Crippen molar-refractivity contribution in [2.75, 3.05) is 7.11 Å². The summed E-state index contributed by atoms with van der Waals surface area (Å²) < 4.78 is 39.5. The largest absolute Gasteiger partial charge is 0.493 e. The van der Waals surface area contributed by atoms with Gasteiger partial charge < -0.3 is 28.4 Å². The summed E-state index contributed by atoms with van der Waals surface area (Å²) in [7, 11) is 1.69. The van der Waals surface area contributed by atoms with Crippen LogP contribution in [0.2, 0.25) is 0 Å². The Morgan fingerprint density at radius 1 is 0.472 bits per heavy atom. The van der Waals surface area contributed by atoms with E-state index in [9.17, 15) is 4.79 Å². The van der Waals surface area contributed by atoms with Crippen molar-refractivity contribution in [3.05, 3.63) is 41.5 Å². The van der Waals surface area contributed by atoms with Crippen molar-refractivity contribution in [1.82, 2.24) is 0 Å². The fourth-order valence-corrected chi connectivity index (χ4v) is 9.17. The van der Waals surface area contributed by atoms with Crippen molar-refractivity contribution >= 4 is 11.9 Å². The normalized spacial score (nSPS) is 21.7. The quantitative estimate of drug-likeness (QED) is 0.142. The minimum atomic E-state index is -0.139. The molecule has 0 aliphatic heterocycles. The van der Waals surface area contributed by atoms with Gasteiger partial charge in [0.05, 0.1) is 43.2 Å². The molecular weight excluding hydrogens is 664 g/mol. The number of benzene rings is 2. The number of hydrogen-bond donors (Lipinski definition) is 0. The van der Waals surface area contributed by atoms with Crippen LogP contribution in [0, 0.1) is 0 Å². The van der Waals surface area contributed by atoms with E-state index < -0.39 is 0 Å². The number of ether oxygens (including phenoxy) is 6. The van der Waals surface area contributed by atoms with Crippen LogP contribution < -0.4 is 28.4 Å². The highest BCUT2D eigenvalue weighted by Gasteiger charge is 2.28. The summed E-state index contributed by atoms with van der Waals surface area (Å²) in [5.74, 6) is 3.85. The lowest BCUT2D eigenvalue weighted by Gasteiger charge is -2.29. The Morgan fingerprint density at radius 3 is 1.34 bits per heavy atom. The fraction of sp³-hybridized carbons (Fsp3) is 0.674. The highest BCUT2D eigenvalue weighted by atomic mass is 16.5. The first kappa shape index (κ1) is 37.9. The summed E-state index contributed by atoms with van der Waals surface area (Å²) in [5, 5.41) is 0. The van der Waals surface area contributed by atoms with Crippen LogP contribution in [-0.2, 0) is 0 Å². The Hall–Kier alpha value is -3.35. The summed E-state index contributed by atoms with van der Waals surface area (Å²) in [6.45, 7) is 0. The maximum absolute atomic E-state index is 14.6. The third-order valence-electron chi connectivity index (χ3n) is 12.2. The van der Waals surface area contributed by atoms with E-state index in [4.69, 9.17) is 28.4 Å². The van der Waals surface area contributed by atoms with Crippen molar-refractivity contribution in [3.63, 3.8) is 0 Å². The van der Waals surface area contributed by atoms with Crippen LogP contribution in [0.15, 0.2) is 30.3 Å². The van der Waals surface area contributed by atoms with Gasteiger partial charge in [-0.05, 0) is 153 Å². The summed E-state index contributed by atoms with van der Waals surface area (Å²) in [6, 6.07) is 7.91. The molecule has 7 nitrogen and oxygen atoms in total. The van der Waals surface area contributed by atoms with Gasteiger partial charge in [0.25, 0.3) is 0 Å². The Bertz CT molecular complexity index is 1490. The van der Waals surface area contributed by atoms with Crippen molar-refractivity contribution < 1.29 is 33.2 Å². The molecule has 0 heterocycles. The maximum Gasteiger partial charge on any atom is 0.189 e. The summed E-state index contributed by atoms with van der Waals surface area (Å²) in [4.78, 5) is 14.6. The third-order valence-corrected chi connectivity index (χ3v) is 12.2. The standard InChI is InChI=1S/C46H64O7/c1-48-43-31-39(49-34-17-7-2-8-18-34)29-33(45(43)52-37-23-13-5-14-24-37)27-28-42(47)41-30-40(50-35-19-9-3-10-20-35)32-44(51-36-21-11-4-12-22-36)46(41)53-38-25-15-6-16-26-38/h27-32,34-38H,2-26H2,1H3/b28-27+. The van der Waals surface area contributed by atoms with Gasteiger partial charge in [0, 0.05) is 17.7 Å². The molecule has 2 aromatic rings. The summed E-state index contributed by atoms with van der Waals surface area (Å²) >= 11 is 0. The van der Waals surface area contributed by atoms with Crippen molar-refractivity contribution in [1.29, 1.82) is 0 Å². The number of carbonyl (C=O) groups excluding carboxylic acids is 1. The number of methoxy groups -OCH3 is 1. The van der Waals surface area contributed by atoms with E-state index in [0.717, 1.165) is 114 Å². The topological polar surface area (TPSA) is 72.5 Å². The Balaban J connectivity index is 1.24. The second-order valence-corrected chi connectivity index (χ2v) is 16.4. The second kappa shape index (κ2) is 19.3. The van der Waals surface area contributed by atoms with Crippen LogP contribution in [0.4, 0.5) is 0 Å². The monoisotopic (exact) mass is 728 g/mol. The number of rotatable bonds is 14. The van der Waals surface area contributed by atoms with Crippen LogP contribution in [0.3, 0.4) is 0 Å². The number of allylic oxidation sites excluding steroid dienone is 1. The minimum absolute atomic E-state index is 0.0615. The van der Waals surface area contributed by atoms with E-state index in [2.05, 4.69) is 0 Å². The molecule has 0 bridgehead atoms. The van der Waals surface area contributed by atoms with Gasteiger partial charge in [-0.15, -0.1) is 0 Å². The first-order valence-electron chi connectivity index (χ1n) is 21.6. The van der Waals surface area contributed by atoms with Gasteiger partial charge in [-0.2, -0.15) is 0 Å². The van der Waals surface area contributed by atoms with Gasteiger partial charge in [0.2, 0.25) is 0 Å². The second-order valence-electron chi connectivity index (χ2n) is 16.4. The number of carbonyl (C=O) groups is 1. The Kier molecular flexibility index (Phi) is 13.8. The first-order chi connectivity index (χ1) is 26.1. The molecule has 2 aromatic carbocycles. The zero-order chi connectivity index (χ0) is 36.2. The van der Waals surface area contributed by atoms with E-state index in [1.807, 2.05) is 30.3 Å². The molecule has 5 aliphatic carbocycles. The number of ketones is 1. The molecule has 53 heavy (non-hydrogen) atoms. The van der Waals surface area contributed by atoms with Crippen LogP contribution in [0.5, 0.6) is 34.5 Å². The van der Waals surface area contributed by atoms with Gasteiger partial charge >= 0.3 is 0 Å². The van der Waals surface area contributed by atoms with E-state index in [0.29, 0.717) is 34.3 Å². The zero-order valence-electron chi connectivity index (χ0n) is 32.4. The molecule has 0 aromatic heterocycles. The number of hydrogen-bond acceptors (Lipinski definition) is 7. The molecule has 0 N–H and O–H groups in total. The van der Waals surface area contributed by atoms with Gasteiger partial charge in [0.15, 0.2) is 28.8 Å². The van der Waals surface area contributed by atoms with Crippen molar-refractivity contribution in [2.24, 2.45) is 0 Å². The van der Waals surface area contributed by atoms with E-state index in [-0.39, 0.29) is 36.3 Å². The van der Waals surface area contributed by atoms with Gasteiger partial charge in [-0.3, -0.25) is 4.79 Å². The molecule has 0 spiro atoms. The van der Waals surface area contributed by atoms with E-state index in [1.54, 1.807) is 13.2 Å². The molecule has 5 aliphatic rings. The summed E-state index contributed by atoms with van der Waals surface area (Å²) in [5.41, 5.74) is 1.29. The molecule has 0 unspecified atom stereocenters. The molecule has 7 rings (SSSR count). The van der Waals surface area contributed by atoms with Gasteiger partial charge in [0.1, 0.15) is 11.5 Å². The van der Waals surface area contributed by atoms with Crippen molar-refractivity contribution in [2.45, 2.75) is 191 Å². The lowest BCUT2D eigenvalue weighted by atomic mass is 9.96. The molecule has 290 valence electrons. The van der Waals surface area contributed by atoms with Crippen molar-refractivity contribution in [3.8, 4) is 34.5 Å². The molecule has 0 saturated heterocycles. The fourth-order valence-electron chi connectivity index (χ4n) is 9.17.